The Morgan fingerprint density at radius 1 is 1.32 bits per heavy atom. The van der Waals surface area contributed by atoms with Crippen LogP contribution in [0.3, 0.4) is 0 Å². The highest BCUT2D eigenvalue weighted by atomic mass is 32.1. The molecule has 1 heterocycles. The molecule has 0 unspecified atom stereocenters. The van der Waals surface area contributed by atoms with E-state index in [-0.39, 0.29) is 5.91 Å². The summed E-state index contributed by atoms with van der Waals surface area (Å²) in [5.74, 6) is 0.192. The lowest BCUT2D eigenvalue weighted by Crippen LogP contribution is -2.34. The molecule has 2 rings (SSSR count). The third-order valence-corrected chi connectivity index (χ3v) is 3.63. The number of nitrogens with zero attached hydrogens (tertiary/aromatic N) is 2. The van der Waals surface area contributed by atoms with E-state index in [2.05, 4.69) is 4.90 Å². The fraction of sp³-hybridized carbons (Fsp3) is 0.429. The maximum atomic E-state index is 11.8. The van der Waals surface area contributed by atoms with Gasteiger partial charge in [0.25, 0.3) is 0 Å². The zero-order valence-electron chi connectivity index (χ0n) is 11.1. The Balaban J connectivity index is 2.00. The number of thiocarbonyl (C=S) groups is 1. The Morgan fingerprint density at radius 3 is 2.63 bits per heavy atom. The summed E-state index contributed by atoms with van der Waals surface area (Å²) >= 11 is 4.93. The number of benzene rings is 1. The second kappa shape index (κ2) is 6.12. The highest BCUT2D eigenvalue weighted by Gasteiger charge is 2.18. The van der Waals surface area contributed by atoms with Crippen LogP contribution in [0.1, 0.15) is 17.5 Å². The maximum Gasteiger partial charge on any atom is 0.236 e. The van der Waals surface area contributed by atoms with Crippen molar-refractivity contribution in [2.24, 2.45) is 5.73 Å². The van der Waals surface area contributed by atoms with Crippen molar-refractivity contribution in [1.29, 1.82) is 0 Å². The second-order valence-electron chi connectivity index (χ2n) is 4.94. The lowest BCUT2D eigenvalue weighted by molar-refractivity contribution is -0.129. The van der Waals surface area contributed by atoms with E-state index in [9.17, 15) is 4.79 Å². The highest BCUT2D eigenvalue weighted by molar-refractivity contribution is 7.80. The average molecular weight is 277 g/mol. The first-order valence-electron chi connectivity index (χ1n) is 6.41. The Labute approximate surface area is 119 Å². The van der Waals surface area contributed by atoms with Crippen molar-refractivity contribution in [2.45, 2.75) is 13.0 Å². The Kier molecular flexibility index (Phi) is 4.50. The van der Waals surface area contributed by atoms with Gasteiger partial charge in [0, 0.05) is 32.2 Å². The SMILES string of the molecule is CN1CCCN(Cc2ccc(C(N)=S)cc2)CC1=O. The van der Waals surface area contributed by atoms with Gasteiger partial charge in [0.15, 0.2) is 0 Å². The predicted octanol–water partition coefficient (Wildman–Crippen LogP) is 0.985. The van der Waals surface area contributed by atoms with Crippen molar-refractivity contribution < 1.29 is 4.79 Å². The number of rotatable bonds is 3. The third-order valence-electron chi connectivity index (χ3n) is 3.40. The van der Waals surface area contributed by atoms with Crippen LogP contribution in [-0.4, -0.2) is 47.4 Å². The highest BCUT2D eigenvalue weighted by Crippen LogP contribution is 2.10. The van der Waals surface area contributed by atoms with Gasteiger partial charge in [-0.3, -0.25) is 9.69 Å². The Bertz CT molecular complexity index is 472. The number of carbonyl (C=O) groups excluding carboxylic acids is 1. The van der Waals surface area contributed by atoms with E-state index >= 15 is 0 Å². The standard InChI is InChI=1S/C14H19N3OS/c1-16-7-2-8-17(10-13(16)18)9-11-3-5-12(6-4-11)14(15)19/h3-6H,2,7-10H2,1H3,(H2,15,19). The molecule has 5 heteroatoms. The number of carbonyl (C=O) groups is 1. The first-order valence-corrected chi connectivity index (χ1v) is 6.82. The molecule has 0 aromatic heterocycles. The topological polar surface area (TPSA) is 49.6 Å². The molecule has 0 saturated carbocycles. The summed E-state index contributed by atoms with van der Waals surface area (Å²) in [7, 11) is 1.86. The number of amides is 1. The first-order chi connectivity index (χ1) is 9.06. The number of nitrogens with two attached hydrogens (primary N) is 1. The van der Waals surface area contributed by atoms with Gasteiger partial charge in [0.05, 0.1) is 6.54 Å². The Hall–Kier alpha value is -1.46. The predicted molar refractivity (Wildman–Crippen MR) is 79.9 cm³/mol. The van der Waals surface area contributed by atoms with Crippen LogP contribution in [0.15, 0.2) is 24.3 Å². The lowest BCUT2D eigenvalue weighted by atomic mass is 10.1. The minimum absolute atomic E-state index is 0.192. The van der Waals surface area contributed by atoms with Crippen molar-refractivity contribution in [3.63, 3.8) is 0 Å². The summed E-state index contributed by atoms with van der Waals surface area (Å²) in [6, 6.07) is 7.91. The molecule has 1 fully saturated rings. The molecule has 1 saturated heterocycles. The molecule has 0 bridgehead atoms. The van der Waals surface area contributed by atoms with Crippen LogP contribution in [0.5, 0.6) is 0 Å². The molecule has 1 aliphatic rings. The quantitative estimate of drug-likeness (QED) is 0.837. The van der Waals surface area contributed by atoms with Crippen molar-refractivity contribution in [1.82, 2.24) is 9.80 Å². The molecule has 19 heavy (non-hydrogen) atoms. The van der Waals surface area contributed by atoms with Gasteiger partial charge in [-0.15, -0.1) is 0 Å². The fourth-order valence-corrected chi connectivity index (χ4v) is 2.35. The Morgan fingerprint density at radius 2 is 2.00 bits per heavy atom. The van der Waals surface area contributed by atoms with Crippen LogP contribution in [0.25, 0.3) is 0 Å². The van der Waals surface area contributed by atoms with Gasteiger partial charge in [-0.05, 0) is 12.0 Å². The van der Waals surface area contributed by atoms with E-state index in [1.54, 1.807) is 4.90 Å². The van der Waals surface area contributed by atoms with Gasteiger partial charge in [-0.25, -0.2) is 0 Å². The molecular formula is C14H19N3OS. The normalized spacial score (nSPS) is 17.3. The summed E-state index contributed by atoms with van der Waals surface area (Å²) in [6.07, 6.45) is 1.02. The monoisotopic (exact) mass is 277 g/mol. The largest absolute Gasteiger partial charge is 0.389 e. The van der Waals surface area contributed by atoms with Gasteiger partial charge in [-0.1, -0.05) is 36.5 Å². The molecule has 0 atom stereocenters. The van der Waals surface area contributed by atoms with Crippen LogP contribution >= 0.6 is 12.2 Å². The first kappa shape index (κ1) is 14.0. The van der Waals surface area contributed by atoms with Crippen LogP contribution in [0, 0.1) is 0 Å². The second-order valence-corrected chi connectivity index (χ2v) is 5.38. The van der Waals surface area contributed by atoms with Gasteiger partial charge in [0.1, 0.15) is 4.99 Å². The lowest BCUT2D eigenvalue weighted by Gasteiger charge is -2.19. The van der Waals surface area contributed by atoms with E-state index < -0.39 is 0 Å². The maximum absolute atomic E-state index is 11.8. The van der Waals surface area contributed by atoms with E-state index in [0.717, 1.165) is 31.6 Å². The van der Waals surface area contributed by atoms with Crippen LogP contribution in [0.2, 0.25) is 0 Å². The summed E-state index contributed by atoms with van der Waals surface area (Å²) in [4.78, 5) is 16.2. The van der Waals surface area contributed by atoms with Crippen LogP contribution in [-0.2, 0) is 11.3 Å². The van der Waals surface area contributed by atoms with Gasteiger partial charge < -0.3 is 10.6 Å². The number of likely N-dealkylation sites (N-methyl/N-ethyl adjacent to an activating group) is 1. The molecule has 1 aromatic rings. The van der Waals surface area contributed by atoms with E-state index in [0.29, 0.717) is 11.5 Å². The minimum atomic E-state index is 0.192. The van der Waals surface area contributed by atoms with Crippen molar-refractivity contribution in [3.05, 3.63) is 35.4 Å². The van der Waals surface area contributed by atoms with Crippen LogP contribution < -0.4 is 5.73 Å². The van der Waals surface area contributed by atoms with Gasteiger partial charge >= 0.3 is 0 Å². The molecule has 4 nitrogen and oxygen atoms in total. The molecule has 0 aliphatic carbocycles. The van der Waals surface area contributed by atoms with Gasteiger partial charge in [0.2, 0.25) is 5.91 Å². The molecule has 102 valence electrons. The van der Waals surface area contributed by atoms with Crippen molar-refractivity contribution in [3.8, 4) is 0 Å². The summed E-state index contributed by atoms with van der Waals surface area (Å²) in [5.41, 5.74) is 7.63. The van der Waals surface area contributed by atoms with E-state index in [1.807, 2.05) is 31.3 Å². The summed E-state index contributed by atoms with van der Waals surface area (Å²) < 4.78 is 0. The molecule has 1 amide bonds. The molecule has 0 radical (unpaired) electrons. The third kappa shape index (κ3) is 3.75. The molecule has 0 spiro atoms. The summed E-state index contributed by atoms with van der Waals surface area (Å²) in [5, 5.41) is 0. The molecule has 1 aliphatic heterocycles. The van der Waals surface area contributed by atoms with Crippen molar-refractivity contribution >= 4 is 23.1 Å². The van der Waals surface area contributed by atoms with Gasteiger partial charge in [-0.2, -0.15) is 0 Å². The van der Waals surface area contributed by atoms with Crippen molar-refractivity contribution in [2.75, 3.05) is 26.7 Å². The van der Waals surface area contributed by atoms with Crippen LogP contribution in [0.4, 0.5) is 0 Å². The number of hydrogen-bond acceptors (Lipinski definition) is 3. The fourth-order valence-electron chi connectivity index (χ4n) is 2.21. The molecule has 2 N–H and O–H groups in total. The zero-order chi connectivity index (χ0) is 13.8. The van der Waals surface area contributed by atoms with E-state index in [4.69, 9.17) is 18.0 Å². The van der Waals surface area contributed by atoms with E-state index in [1.165, 1.54) is 5.56 Å². The number of hydrogen-bond donors (Lipinski definition) is 1. The zero-order valence-corrected chi connectivity index (χ0v) is 11.9. The average Bonchev–Trinajstić information content (AvgIpc) is 2.53. The molecular weight excluding hydrogens is 258 g/mol. The smallest absolute Gasteiger partial charge is 0.236 e. The summed E-state index contributed by atoms with van der Waals surface area (Å²) in [6.45, 7) is 3.08. The minimum Gasteiger partial charge on any atom is -0.389 e. The molecule has 1 aromatic carbocycles.